The summed E-state index contributed by atoms with van der Waals surface area (Å²) in [7, 11) is 0. The molecule has 0 saturated carbocycles. The molecule has 16 N–H and O–H groups in total. The van der Waals surface area contributed by atoms with E-state index in [0.29, 0.717) is 175 Å². The van der Waals surface area contributed by atoms with Crippen LogP contribution in [0.3, 0.4) is 0 Å². The van der Waals surface area contributed by atoms with Crippen LogP contribution in [0.25, 0.3) is 0 Å². The lowest BCUT2D eigenvalue weighted by molar-refractivity contribution is -0.151. The SMILES string of the molecule is CCC(COCCOC(=O)CCS)(COCCOC(=O)CCS)COCCOC(=O)CCS.NCC(=O)OCCOCC(COCCOC(=O)CN)(COCCOC(=O)CN)COCCOC(=O)CN.NCCOCCOCC(COCCOCCN)(COCCOCCN)COCCOCCN. The predicted molar refractivity (Wildman–Crippen MR) is 384 cm³/mol. The Morgan fingerprint density at radius 3 is 0.534 bits per heavy atom. The molecule has 40 heteroatoms. The van der Waals surface area contributed by atoms with E-state index in [4.69, 9.17) is 150 Å². The molecule has 0 aliphatic rings. The van der Waals surface area contributed by atoms with Gasteiger partial charge >= 0.3 is 41.8 Å². The van der Waals surface area contributed by atoms with Gasteiger partial charge < -0.3 is 150 Å². The average Bonchev–Trinajstić information content (AvgIpc) is 0.915. The molecule has 0 aromatic rings. The third-order valence-electron chi connectivity index (χ3n) is 12.8. The second-order valence-corrected chi connectivity index (χ2v) is 23.2. The summed E-state index contributed by atoms with van der Waals surface area (Å²) in [5.74, 6) is -1.95. The molecule has 0 spiro atoms. The normalized spacial score (nSPS) is 11.5. The fraction of sp³-hybridized carbons (Fsp3) is 0.889. The molecular formula is C63H126N8O29S3. The molecule has 610 valence electrons. The molecule has 0 aliphatic carbocycles. The first kappa shape index (κ1) is 104. The highest BCUT2D eigenvalue weighted by Crippen LogP contribution is 2.25. The lowest BCUT2D eigenvalue weighted by Crippen LogP contribution is -2.43. The molecule has 0 radical (unpaired) electrons. The van der Waals surface area contributed by atoms with Gasteiger partial charge in [-0.15, -0.1) is 0 Å². The van der Waals surface area contributed by atoms with E-state index in [2.05, 4.69) is 37.9 Å². The van der Waals surface area contributed by atoms with Gasteiger partial charge in [-0.25, -0.2) is 0 Å². The Labute approximate surface area is 623 Å². The van der Waals surface area contributed by atoms with E-state index in [1.165, 1.54) is 0 Å². The van der Waals surface area contributed by atoms with Gasteiger partial charge in [-0.1, -0.05) is 6.92 Å². The van der Waals surface area contributed by atoms with Crippen molar-refractivity contribution in [2.24, 2.45) is 62.1 Å². The van der Waals surface area contributed by atoms with Gasteiger partial charge in [0.05, 0.1) is 254 Å². The number of hydrogen-bond donors (Lipinski definition) is 11. The number of nitrogens with two attached hydrogens (primary N) is 8. The van der Waals surface area contributed by atoms with Crippen LogP contribution in [0.1, 0.15) is 32.6 Å². The molecular weight excluding hydrogens is 1430 g/mol. The van der Waals surface area contributed by atoms with Crippen molar-refractivity contribution in [3.05, 3.63) is 0 Å². The van der Waals surface area contributed by atoms with Crippen LogP contribution in [0.15, 0.2) is 0 Å². The van der Waals surface area contributed by atoms with Gasteiger partial charge in [0.15, 0.2) is 0 Å². The molecule has 0 saturated heterocycles. The van der Waals surface area contributed by atoms with E-state index in [1.807, 2.05) is 6.92 Å². The van der Waals surface area contributed by atoms with Crippen molar-refractivity contribution in [2.75, 3.05) is 314 Å². The van der Waals surface area contributed by atoms with Gasteiger partial charge in [-0.05, 0) is 6.42 Å². The lowest BCUT2D eigenvalue weighted by atomic mass is 9.88. The monoisotopic (exact) mass is 1550 g/mol. The average molecular weight is 1560 g/mol. The maximum Gasteiger partial charge on any atom is 0.319 e. The molecule has 0 unspecified atom stereocenters. The first-order valence-electron chi connectivity index (χ1n) is 34.2. The number of thiol groups is 3. The van der Waals surface area contributed by atoms with E-state index >= 15 is 0 Å². The van der Waals surface area contributed by atoms with Gasteiger partial charge in [0.2, 0.25) is 0 Å². The van der Waals surface area contributed by atoms with E-state index in [1.54, 1.807) is 0 Å². The van der Waals surface area contributed by atoms with Crippen LogP contribution >= 0.6 is 37.9 Å². The summed E-state index contributed by atoms with van der Waals surface area (Å²) >= 11 is 12.0. The molecule has 0 bridgehead atoms. The number of rotatable bonds is 74. The minimum Gasteiger partial charge on any atom is -0.463 e. The Morgan fingerprint density at radius 1 is 0.223 bits per heavy atom. The van der Waals surface area contributed by atoms with Crippen molar-refractivity contribution < 1.29 is 138 Å². The summed E-state index contributed by atoms with van der Waals surface area (Å²) in [5, 5.41) is 0. The third-order valence-corrected chi connectivity index (χ3v) is 13.5. The number of ether oxygens (including phenoxy) is 22. The Morgan fingerprint density at radius 2 is 0.379 bits per heavy atom. The van der Waals surface area contributed by atoms with Crippen molar-refractivity contribution in [2.45, 2.75) is 32.6 Å². The van der Waals surface area contributed by atoms with Crippen LogP contribution in [-0.4, -0.2) is 356 Å². The standard InChI is InChI=1S/C21H40N4O12.C21H48N4O8.C21H38O9S3/c22-9-17(26)34-5-1-30-13-21(14-31-2-6-35-18(27)10-23,15-32-3-7-36-19(28)11-24)16-33-4-8-37-20(29)12-25;22-1-5-26-9-13-30-17-21(18-31-14-10-27-6-2-23,19-32-15-11-28-7-3-24)20-33-16-12-29-8-4-25;1-2-21(15-25-6-9-28-18(22)3-12-31,16-26-7-10-29-19(23)4-13-32)17-27-8-11-30-20(24)5-14-33/h1-16,22-25H2;1-20,22-25H2;31-33H,2-17H2,1H3. The zero-order valence-electron chi connectivity index (χ0n) is 60.6. The molecule has 0 atom stereocenters. The van der Waals surface area contributed by atoms with Crippen molar-refractivity contribution in [3.8, 4) is 0 Å². The Hall–Kier alpha value is -3.58. The highest BCUT2D eigenvalue weighted by molar-refractivity contribution is 7.80. The molecule has 0 aromatic carbocycles. The number of carbonyl (C=O) groups excluding carboxylic acids is 7. The molecule has 0 aromatic heterocycles. The first-order chi connectivity index (χ1) is 50.0. The van der Waals surface area contributed by atoms with Crippen molar-refractivity contribution in [3.63, 3.8) is 0 Å². The van der Waals surface area contributed by atoms with Crippen LogP contribution in [0, 0.1) is 16.2 Å². The Kier molecular flexibility index (Phi) is 78.5. The predicted octanol–water partition coefficient (Wildman–Crippen LogP) is -3.99. The van der Waals surface area contributed by atoms with E-state index in [0.717, 1.165) is 0 Å². The minimum atomic E-state index is -0.897. The van der Waals surface area contributed by atoms with E-state index < -0.39 is 40.1 Å². The quantitative estimate of drug-likeness (QED) is 0.0120. The molecule has 0 amide bonds. The topological polar surface area (TPSA) is 531 Å². The number of hydrogen-bond acceptors (Lipinski definition) is 40. The molecule has 0 aliphatic heterocycles. The van der Waals surface area contributed by atoms with Crippen LogP contribution in [0.2, 0.25) is 0 Å². The van der Waals surface area contributed by atoms with Crippen LogP contribution in [-0.2, 0) is 138 Å². The molecule has 0 heterocycles. The second-order valence-electron chi connectivity index (χ2n) is 21.8. The van der Waals surface area contributed by atoms with Crippen LogP contribution < -0.4 is 45.9 Å². The van der Waals surface area contributed by atoms with Crippen molar-refractivity contribution in [1.29, 1.82) is 0 Å². The minimum absolute atomic E-state index is 0.0200. The maximum atomic E-state index is 11.4. The smallest absolute Gasteiger partial charge is 0.319 e. The third kappa shape index (κ3) is 68.7. The maximum absolute atomic E-state index is 11.4. The summed E-state index contributed by atoms with van der Waals surface area (Å²) in [4.78, 5) is 79.0. The number of carbonyl (C=O) groups is 7. The summed E-state index contributed by atoms with van der Waals surface area (Å²) in [6.07, 6.45) is 1.44. The molecule has 37 nitrogen and oxygen atoms in total. The Balaban J connectivity index is -0.00000146. The fourth-order valence-corrected chi connectivity index (χ4v) is 8.09. The van der Waals surface area contributed by atoms with Crippen LogP contribution in [0.4, 0.5) is 0 Å². The summed E-state index contributed by atoms with van der Waals surface area (Å²) in [5.41, 5.74) is 40.7. The summed E-state index contributed by atoms with van der Waals surface area (Å²) in [6, 6.07) is 0. The Bertz CT molecular complexity index is 1750. The lowest BCUT2D eigenvalue weighted by Gasteiger charge is -2.33. The molecule has 0 fully saturated rings. The van der Waals surface area contributed by atoms with Crippen LogP contribution in [0.5, 0.6) is 0 Å². The van der Waals surface area contributed by atoms with E-state index in [-0.39, 0.29) is 182 Å². The largest absolute Gasteiger partial charge is 0.463 e. The summed E-state index contributed by atoms with van der Waals surface area (Å²) < 4.78 is 120. The summed E-state index contributed by atoms with van der Waals surface area (Å²) in [6.45, 7) is 12.4. The zero-order chi connectivity index (χ0) is 76.9. The van der Waals surface area contributed by atoms with E-state index in [9.17, 15) is 33.6 Å². The first-order valence-corrected chi connectivity index (χ1v) is 36.1. The van der Waals surface area contributed by atoms with Gasteiger partial charge in [0, 0.05) is 48.9 Å². The molecule has 103 heavy (non-hydrogen) atoms. The fourth-order valence-electron chi connectivity index (χ4n) is 7.55. The van der Waals surface area contributed by atoms with Crippen molar-refractivity contribution >= 4 is 79.7 Å². The van der Waals surface area contributed by atoms with Gasteiger partial charge in [0.25, 0.3) is 0 Å². The van der Waals surface area contributed by atoms with Crippen molar-refractivity contribution in [1.82, 2.24) is 0 Å². The van der Waals surface area contributed by atoms with Gasteiger partial charge in [-0.3, -0.25) is 33.6 Å². The highest BCUT2D eigenvalue weighted by atomic mass is 32.1. The second kappa shape index (κ2) is 78.0. The van der Waals surface area contributed by atoms with Gasteiger partial charge in [0.1, 0.15) is 46.2 Å². The zero-order valence-corrected chi connectivity index (χ0v) is 63.3. The highest BCUT2D eigenvalue weighted by Gasteiger charge is 2.35. The molecule has 0 rings (SSSR count). The number of esters is 7. The van der Waals surface area contributed by atoms with Gasteiger partial charge in [-0.2, -0.15) is 37.9 Å².